The molecule has 0 aliphatic carbocycles. The maximum atomic E-state index is 13.0. The Kier molecular flexibility index (Phi) is 6.81. The minimum absolute atomic E-state index is 0.0838. The average Bonchev–Trinajstić information content (AvgIpc) is 2.87. The van der Waals surface area contributed by atoms with E-state index in [9.17, 15) is 4.79 Å². The Morgan fingerprint density at radius 3 is 2.50 bits per heavy atom. The highest BCUT2D eigenvalue weighted by Crippen LogP contribution is 2.44. The normalized spacial score (nSPS) is 15.5. The standard InChI is InChI=1S/C22H34BrNO2/c1-15-13-16(2)18(19-17(15)14-22(5,6)26-19)24-20(25)21(3,4)11-9-7-8-10-12-23/h13H,7-12,14H2,1-6H3,(H,24,25). The summed E-state index contributed by atoms with van der Waals surface area (Å²) in [5, 5.41) is 4.26. The lowest BCUT2D eigenvalue weighted by Gasteiger charge is -2.25. The van der Waals surface area contributed by atoms with Crippen molar-refractivity contribution in [2.24, 2.45) is 5.41 Å². The lowest BCUT2D eigenvalue weighted by Crippen LogP contribution is -2.31. The number of carbonyl (C=O) groups is 1. The van der Waals surface area contributed by atoms with Crippen molar-refractivity contribution in [1.82, 2.24) is 0 Å². The summed E-state index contributed by atoms with van der Waals surface area (Å²) in [5.74, 6) is 0.953. The first-order chi connectivity index (χ1) is 12.1. The van der Waals surface area contributed by atoms with Crippen LogP contribution in [0.25, 0.3) is 0 Å². The van der Waals surface area contributed by atoms with Crippen LogP contribution in [0.5, 0.6) is 5.75 Å². The molecule has 1 aliphatic heterocycles. The molecule has 0 fully saturated rings. The molecule has 1 N–H and O–H groups in total. The van der Waals surface area contributed by atoms with Crippen LogP contribution in [-0.2, 0) is 11.2 Å². The van der Waals surface area contributed by atoms with Gasteiger partial charge in [0.05, 0.1) is 5.69 Å². The van der Waals surface area contributed by atoms with E-state index in [0.717, 1.165) is 41.6 Å². The fraction of sp³-hybridized carbons (Fsp3) is 0.682. The van der Waals surface area contributed by atoms with E-state index in [-0.39, 0.29) is 16.9 Å². The number of hydrogen-bond donors (Lipinski definition) is 1. The summed E-state index contributed by atoms with van der Waals surface area (Å²) in [5.41, 5.74) is 3.79. The van der Waals surface area contributed by atoms with Gasteiger partial charge in [0.1, 0.15) is 11.4 Å². The molecule has 0 bridgehead atoms. The molecule has 0 spiro atoms. The zero-order chi connectivity index (χ0) is 19.5. The quantitative estimate of drug-likeness (QED) is 0.391. The highest BCUT2D eigenvalue weighted by molar-refractivity contribution is 9.09. The second-order valence-corrected chi connectivity index (χ2v) is 9.72. The minimum atomic E-state index is -0.382. The van der Waals surface area contributed by atoms with Crippen LogP contribution in [0.2, 0.25) is 0 Å². The van der Waals surface area contributed by atoms with Crippen LogP contribution in [-0.4, -0.2) is 16.8 Å². The summed E-state index contributed by atoms with van der Waals surface area (Å²) in [6.45, 7) is 12.5. The van der Waals surface area contributed by atoms with Crippen molar-refractivity contribution in [2.75, 3.05) is 10.6 Å². The van der Waals surface area contributed by atoms with Crippen LogP contribution in [0.1, 0.15) is 76.5 Å². The van der Waals surface area contributed by atoms with Crippen molar-refractivity contribution in [1.29, 1.82) is 0 Å². The van der Waals surface area contributed by atoms with Crippen LogP contribution >= 0.6 is 15.9 Å². The Morgan fingerprint density at radius 1 is 1.19 bits per heavy atom. The first-order valence-corrected chi connectivity index (χ1v) is 10.9. The summed E-state index contributed by atoms with van der Waals surface area (Å²) >= 11 is 3.47. The molecule has 1 aliphatic rings. The number of unbranched alkanes of at least 4 members (excludes halogenated alkanes) is 3. The number of aryl methyl sites for hydroxylation is 2. The number of fused-ring (bicyclic) bond motifs is 1. The molecule has 0 radical (unpaired) electrons. The summed E-state index contributed by atoms with van der Waals surface area (Å²) in [4.78, 5) is 13.0. The van der Waals surface area contributed by atoms with Gasteiger partial charge in [-0.1, -0.05) is 55.1 Å². The number of halogens is 1. The topological polar surface area (TPSA) is 38.3 Å². The van der Waals surface area contributed by atoms with Crippen LogP contribution in [0.4, 0.5) is 5.69 Å². The third kappa shape index (κ3) is 5.03. The predicted molar refractivity (Wildman–Crippen MR) is 114 cm³/mol. The summed E-state index contributed by atoms with van der Waals surface area (Å²) in [7, 11) is 0. The molecule has 146 valence electrons. The zero-order valence-electron chi connectivity index (χ0n) is 17.2. The van der Waals surface area contributed by atoms with Crippen molar-refractivity contribution in [2.45, 2.75) is 85.7 Å². The lowest BCUT2D eigenvalue weighted by atomic mass is 9.85. The minimum Gasteiger partial charge on any atom is -0.485 e. The highest BCUT2D eigenvalue weighted by Gasteiger charge is 2.35. The molecule has 0 saturated carbocycles. The zero-order valence-corrected chi connectivity index (χ0v) is 18.8. The Labute approximate surface area is 167 Å². The molecule has 1 heterocycles. The van der Waals surface area contributed by atoms with Gasteiger partial charge in [0.2, 0.25) is 5.91 Å². The molecule has 0 saturated heterocycles. The second kappa shape index (κ2) is 8.33. The van der Waals surface area contributed by atoms with Crippen molar-refractivity contribution in [3.63, 3.8) is 0 Å². The van der Waals surface area contributed by atoms with Crippen molar-refractivity contribution in [3.8, 4) is 5.75 Å². The summed E-state index contributed by atoms with van der Waals surface area (Å²) < 4.78 is 6.21. The van der Waals surface area contributed by atoms with E-state index in [1.165, 1.54) is 30.4 Å². The SMILES string of the molecule is Cc1cc(C)c(NC(=O)C(C)(C)CCCCCCBr)c2c1CC(C)(C)O2. The van der Waals surface area contributed by atoms with E-state index in [1.54, 1.807) is 0 Å². The number of amides is 1. The molecule has 26 heavy (non-hydrogen) atoms. The maximum Gasteiger partial charge on any atom is 0.230 e. The number of carbonyl (C=O) groups excluding carboxylic acids is 1. The van der Waals surface area contributed by atoms with Gasteiger partial charge in [-0.15, -0.1) is 0 Å². The number of hydrogen-bond acceptors (Lipinski definition) is 2. The van der Waals surface area contributed by atoms with Crippen LogP contribution in [0.15, 0.2) is 6.07 Å². The Bertz CT molecular complexity index is 665. The van der Waals surface area contributed by atoms with E-state index in [4.69, 9.17) is 4.74 Å². The van der Waals surface area contributed by atoms with Gasteiger partial charge in [-0.2, -0.15) is 0 Å². The van der Waals surface area contributed by atoms with Gasteiger partial charge in [-0.05, 0) is 51.7 Å². The van der Waals surface area contributed by atoms with Crippen LogP contribution in [0.3, 0.4) is 0 Å². The van der Waals surface area contributed by atoms with Gasteiger partial charge < -0.3 is 10.1 Å². The predicted octanol–water partition coefficient (Wildman–Crippen LogP) is 6.33. The number of alkyl halides is 1. The van der Waals surface area contributed by atoms with E-state index < -0.39 is 0 Å². The van der Waals surface area contributed by atoms with Crippen LogP contribution in [0, 0.1) is 19.3 Å². The third-order valence-corrected chi connectivity index (χ3v) is 5.88. The van der Waals surface area contributed by atoms with Gasteiger partial charge in [-0.25, -0.2) is 0 Å². The molecule has 0 unspecified atom stereocenters. The molecule has 2 rings (SSSR count). The fourth-order valence-electron chi connectivity index (χ4n) is 3.63. The molecular formula is C22H34BrNO2. The van der Waals surface area contributed by atoms with Crippen molar-refractivity contribution < 1.29 is 9.53 Å². The first-order valence-electron chi connectivity index (χ1n) is 9.77. The number of benzene rings is 1. The number of rotatable bonds is 8. The Hall–Kier alpha value is -1.03. The van der Waals surface area contributed by atoms with Gasteiger partial charge in [0.15, 0.2) is 0 Å². The molecule has 0 aromatic heterocycles. The molecule has 0 atom stereocenters. The average molecular weight is 424 g/mol. The van der Waals surface area contributed by atoms with Gasteiger partial charge in [-0.3, -0.25) is 4.79 Å². The van der Waals surface area contributed by atoms with Crippen LogP contribution < -0.4 is 10.1 Å². The number of ether oxygens (including phenoxy) is 1. The molecule has 1 aromatic carbocycles. The van der Waals surface area contributed by atoms with Gasteiger partial charge >= 0.3 is 0 Å². The molecule has 4 heteroatoms. The largest absolute Gasteiger partial charge is 0.485 e. The third-order valence-electron chi connectivity index (χ3n) is 5.32. The van der Waals surface area contributed by atoms with Crippen molar-refractivity contribution in [3.05, 3.63) is 22.8 Å². The smallest absolute Gasteiger partial charge is 0.230 e. The Balaban J connectivity index is 2.11. The van der Waals surface area contributed by atoms with E-state index in [2.05, 4.69) is 48.1 Å². The highest BCUT2D eigenvalue weighted by atomic mass is 79.9. The summed E-state index contributed by atoms with van der Waals surface area (Å²) in [6, 6.07) is 2.16. The van der Waals surface area contributed by atoms with E-state index in [0.29, 0.717) is 0 Å². The lowest BCUT2D eigenvalue weighted by molar-refractivity contribution is -0.124. The molecule has 1 aromatic rings. The van der Waals surface area contributed by atoms with Crippen molar-refractivity contribution >= 4 is 27.5 Å². The molecular weight excluding hydrogens is 390 g/mol. The van der Waals surface area contributed by atoms with E-state index >= 15 is 0 Å². The number of anilines is 1. The van der Waals surface area contributed by atoms with Gasteiger partial charge in [0.25, 0.3) is 0 Å². The molecule has 3 nitrogen and oxygen atoms in total. The fourth-order valence-corrected chi connectivity index (χ4v) is 4.03. The monoisotopic (exact) mass is 423 g/mol. The molecule has 1 amide bonds. The first kappa shape index (κ1) is 21.3. The maximum absolute atomic E-state index is 13.0. The Morgan fingerprint density at radius 2 is 1.85 bits per heavy atom. The van der Waals surface area contributed by atoms with Gasteiger partial charge in [0, 0.05) is 22.7 Å². The van der Waals surface area contributed by atoms with E-state index in [1.807, 2.05) is 20.8 Å². The summed E-state index contributed by atoms with van der Waals surface area (Å²) in [6.07, 6.45) is 6.47. The second-order valence-electron chi connectivity index (χ2n) is 8.92. The number of nitrogens with one attached hydrogen (secondary N) is 1.